The number of hydrogen-bond donors (Lipinski definition) is 1. The Morgan fingerprint density at radius 3 is 2.28 bits per heavy atom. The van der Waals surface area contributed by atoms with Crippen molar-refractivity contribution in [2.75, 3.05) is 39.8 Å². The standard InChI is InChI=1S/C21H23BrN4O5S/c1-31-21(28)17-4-2-16(3-5-17)14-23-24-20(27)15-25-10-12-26(13-11-25)32(29,30)19-8-6-18(22)7-9-19/h2-9,14H,10-13,15H2,1H3,(H,24,27)/b23-14-. The number of ether oxygens (including phenoxy) is 1. The normalized spacial score (nSPS) is 15.6. The van der Waals surface area contributed by atoms with Gasteiger partial charge in [0.15, 0.2) is 0 Å². The van der Waals surface area contributed by atoms with E-state index >= 15 is 0 Å². The Balaban J connectivity index is 1.45. The lowest BCUT2D eigenvalue weighted by atomic mass is 10.1. The maximum absolute atomic E-state index is 12.7. The molecule has 0 radical (unpaired) electrons. The molecule has 11 heteroatoms. The zero-order chi connectivity index (χ0) is 23.1. The molecule has 2 aromatic rings. The quantitative estimate of drug-likeness (QED) is 0.336. The minimum Gasteiger partial charge on any atom is -0.465 e. The third-order valence-electron chi connectivity index (χ3n) is 4.88. The highest BCUT2D eigenvalue weighted by Crippen LogP contribution is 2.20. The van der Waals surface area contributed by atoms with Crippen LogP contribution in [0.25, 0.3) is 0 Å². The minimum absolute atomic E-state index is 0.116. The number of halogens is 1. The molecular weight excluding hydrogens is 500 g/mol. The number of nitrogens with zero attached hydrogens (tertiary/aromatic N) is 3. The second-order valence-electron chi connectivity index (χ2n) is 7.04. The van der Waals surface area contributed by atoms with Gasteiger partial charge >= 0.3 is 5.97 Å². The van der Waals surface area contributed by atoms with E-state index in [0.29, 0.717) is 37.3 Å². The molecule has 3 rings (SSSR count). The van der Waals surface area contributed by atoms with E-state index in [1.54, 1.807) is 48.5 Å². The predicted molar refractivity (Wildman–Crippen MR) is 123 cm³/mol. The molecule has 0 aliphatic carbocycles. The number of rotatable bonds is 7. The van der Waals surface area contributed by atoms with E-state index in [-0.39, 0.29) is 17.3 Å². The van der Waals surface area contributed by atoms with Gasteiger partial charge in [-0.25, -0.2) is 18.6 Å². The van der Waals surface area contributed by atoms with Gasteiger partial charge < -0.3 is 4.74 Å². The predicted octanol–water partition coefficient (Wildman–Crippen LogP) is 1.69. The van der Waals surface area contributed by atoms with Gasteiger partial charge in [0.25, 0.3) is 5.91 Å². The molecule has 1 amide bonds. The topological polar surface area (TPSA) is 108 Å². The molecule has 1 aliphatic heterocycles. The van der Waals surface area contributed by atoms with E-state index in [9.17, 15) is 18.0 Å². The lowest BCUT2D eigenvalue weighted by Crippen LogP contribution is -2.50. The summed E-state index contributed by atoms with van der Waals surface area (Å²) in [4.78, 5) is 25.7. The van der Waals surface area contributed by atoms with E-state index in [4.69, 9.17) is 0 Å². The second-order valence-corrected chi connectivity index (χ2v) is 9.89. The number of piperazine rings is 1. The van der Waals surface area contributed by atoms with Crippen LogP contribution in [0, 0.1) is 0 Å². The Bertz CT molecular complexity index is 1080. The largest absolute Gasteiger partial charge is 0.465 e. The average molecular weight is 523 g/mol. The number of sulfonamides is 1. The van der Waals surface area contributed by atoms with Gasteiger partial charge in [-0.05, 0) is 42.0 Å². The summed E-state index contributed by atoms with van der Waals surface area (Å²) in [7, 11) is -2.24. The van der Waals surface area contributed by atoms with Crippen molar-refractivity contribution in [1.82, 2.24) is 14.6 Å². The summed E-state index contributed by atoms with van der Waals surface area (Å²) < 4.78 is 32.4. The van der Waals surface area contributed by atoms with Crippen LogP contribution in [-0.2, 0) is 19.6 Å². The molecule has 1 heterocycles. The van der Waals surface area contributed by atoms with Crippen molar-refractivity contribution in [3.05, 3.63) is 64.1 Å². The van der Waals surface area contributed by atoms with Crippen LogP contribution in [-0.4, -0.2) is 75.5 Å². The lowest BCUT2D eigenvalue weighted by molar-refractivity contribution is -0.122. The number of nitrogens with one attached hydrogen (secondary N) is 1. The van der Waals surface area contributed by atoms with Gasteiger partial charge in [0, 0.05) is 30.7 Å². The molecule has 2 aromatic carbocycles. The number of benzene rings is 2. The highest BCUT2D eigenvalue weighted by molar-refractivity contribution is 9.10. The number of hydrogen-bond acceptors (Lipinski definition) is 7. The second kappa shape index (κ2) is 10.8. The number of esters is 1. The van der Waals surface area contributed by atoms with Gasteiger partial charge in [0.05, 0.1) is 30.3 Å². The van der Waals surface area contributed by atoms with Crippen LogP contribution in [0.15, 0.2) is 63.0 Å². The number of carbonyl (C=O) groups excluding carboxylic acids is 2. The van der Waals surface area contributed by atoms with Gasteiger partial charge in [-0.3, -0.25) is 9.69 Å². The Morgan fingerprint density at radius 1 is 1.06 bits per heavy atom. The van der Waals surface area contributed by atoms with Gasteiger partial charge in [0.2, 0.25) is 10.0 Å². The lowest BCUT2D eigenvalue weighted by Gasteiger charge is -2.33. The fourth-order valence-electron chi connectivity index (χ4n) is 3.12. The molecule has 0 atom stereocenters. The number of hydrazone groups is 1. The first kappa shape index (κ1) is 24.1. The number of methoxy groups -OCH3 is 1. The Morgan fingerprint density at radius 2 is 1.69 bits per heavy atom. The van der Waals surface area contributed by atoms with E-state index in [1.165, 1.54) is 17.6 Å². The fourth-order valence-corrected chi connectivity index (χ4v) is 4.81. The zero-order valence-corrected chi connectivity index (χ0v) is 19.8. The van der Waals surface area contributed by atoms with E-state index in [2.05, 4.69) is 31.2 Å². The first-order valence-corrected chi connectivity index (χ1v) is 12.0. The summed E-state index contributed by atoms with van der Waals surface area (Å²) >= 11 is 3.30. The Hall–Kier alpha value is -2.60. The highest BCUT2D eigenvalue weighted by atomic mass is 79.9. The van der Waals surface area contributed by atoms with Crippen LogP contribution in [0.3, 0.4) is 0 Å². The average Bonchev–Trinajstić information content (AvgIpc) is 2.79. The SMILES string of the molecule is COC(=O)c1ccc(/C=N\NC(=O)CN2CCN(S(=O)(=O)c3ccc(Br)cc3)CC2)cc1. The van der Waals surface area contributed by atoms with Gasteiger partial charge in [-0.15, -0.1) is 0 Å². The molecule has 1 saturated heterocycles. The van der Waals surface area contributed by atoms with Crippen LogP contribution in [0.1, 0.15) is 15.9 Å². The summed E-state index contributed by atoms with van der Waals surface area (Å²) in [6.45, 7) is 1.62. The summed E-state index contributed by atoms with van der Waals surface area (Å²) in [5, 5.41) is 3.93. The first-order valence-electron chi connectivity index (χ1n) is 9.78. The molecule has 170 valence electrons. The molecule has 32 heavy (non-hydrogen) atoms. The summed E-state index contributed by atoms with van der Waals surface area (Å²) in [6, 6.07) is 13.1. The zero-order valence-electron chi connectivity index (χ0n) is 17.4. The van der Waals surface area contributed by atoms with Gasteiger partial charge in [-0.1, -0.05) is 28.1 Å². The molecular formula is C21H23BrN4O5S. The van der Waals surface area contributed by atoms with Crippen LogP contribution < -0.4 is 5.43 Å². The molecule has 1 fully saturated rings. The van der Waals surface area contributed by atoms with Crippen molar-refractivity contribution >= 4 is 44.0 Å². The molecule has 0 bridgehead atoms. The molecule has 0 unspecified atom stereocenters. The third kappa shape index (κ3) is 6.22. The molecule has 0 aromatic heterocycles. The maximum Gasteiger partial charge on any atom is 0.337 e. The van der Waals surface area contributed by atoms with Crippen LogP contribution >= 0.6 is 15.9 Å². The molecule has 1 aliphatic rings. The van der Waals surface area contributed by atoms with Crippen molar-refractivity contribution < 1.29 is 22.7 Å². The number of amides is 1. The van der Waals surface area contributed by atoms with Crippen molar-refractivity contribution in [2.45, 2.75) is 4.90 Å². The summed E-state index contributed by atoms with van der Waals surface area (Å²) in [6.07, 6.45) is 1.47. The van der Waals surface area contributed by atoms with Gasteiger partial charge in [-0.2, -0.15) is 9.41 Å². The van der Waals surface area contributed by atoms with Crippen LogP contribution in [0.5, 0.6) is 0 Å². The Labute approximate surface area is 195 Å². The minimum atomic E-state index is -3.55. The maximum atomic E-state index is 12.7. The molecule has 9 nitrogen and oxygen atoms in total. The van der Waals surface area contributed by atoms with E-state index in [1.807, 2.05) is 4.90 Å². The fraction of sp³-hybridized carbons (Fsp3) is 0.286. The van der Waals surface area contributed by atoms with E-state index in [0.717, 1.165) is 4.47 Å². The van der Waals surface area contributed by atoms with Crippen LogP contribution in [0.2, 0.25) is 0 Å². The summed E-state index contributed by atoms with van der Waals surface area (Å²) in [5.74, 6) is -0.719. The molecule has 0 saturated carbocycles. The van der Waals surface area contributed by atoms with Crippen molar-refractivity contribution in [1.29, 1.82) is 0 Å². The van der Waals surface area contributed by atoms with Gasteiger partial charge in [0.1, 0.15) is 0 Å². The molecule has 1 N–H and O–H groups in total. The van der Waals surface area contributed by atoms with E-state index < -0.39 is 16.0 Å². The van der Waals surface area contributed by atoms with Crippen molar-refractivity contribution in [3.8, 4) is 0 Å². The van der Waals surface area contributed by atoms with Crippen LogP contribution in [0.4, 0.5) is 0 Å². The van der Waals surface area contributed by atoms with Crippen molar-refractivity contribution in [3.63, 3.8) is 0 Å². The summed E-state index contributed by atoms with van der Waals surface area (Å²) in [5.41, 5.74) is 3.60. The third-order valence-corrected chi connectivity index (χ3v) is 7.33. The van der Waals surface area contributed by atoms with Crippen molar-refractivity contribution in [2.24, 2.45) is 5.10 Å². The monoisotopic (exact) mass is 522 g/mol. The Kier molecular flexibility index (Phi) is 8.13. The highest BCUT2D eigenvalue weighted by Gasteiger charge is 2.28. The first-order chi connectivity index (χ1) is 15.3. The number of carbonyl (C=O) groups is 2. The molecule has 0 spiro atoms. The smallest absolute Gasteiger partial charge is 0.337 e.